The van der Waals surface area contributed by atoms with Gasteiger partial charge in [0.25, 0.3) is 0 Å². The lowest BCUT2D eigenvalue weighted by atomic mass is 10.3. The zero-order valence-electron chi connectivity index (χ0n) is 12.2. The number of amides is 2. The predicted octanol–water partition coefficient (Wildman–Crippen LogP) is 2.01. The van der Waals surface area contributed by atoms with Gasteiger partial charge in [-0.1, -0.05) is 17.7 Å². The molecule has 1 aromatic carbocycles. The van der Waals surface area contributed by atoms with Crippen LogP contribution in [0.5, 0.6) is 0 Å². The zero-order chi connectivity index (χ0) is 16.7. The van der Waals surface area contributed by atoms with E-state index in [1.54, 1.807) is 18.5 Å². The lowest BCUT2D eigenvalue weighted by molar-refractivity contribution is 0.241. The molecule has 2 aromatic rings. The van der Waals surface area contributed by atoms with Crippen molar-refractivity contribution in [3.8, 4) is 0 Å². The van der Waals surface area contributed by atoms with Gasteiger partial charge in [-0.25, -0.2) is 13.2 Å². The molecule has 122 valence electrons. The SMILES string of the molecule is O=C(NCCS(=O)(=O)c1ccc(Cl)cc1)NCc1cccnc1. The molecule has 0 spiro atoms. The molecule has 0 aliphatic carbocycles. The van der Waals surface area contributed by atoms with E-state index in [-0.39, 0.29) is 17.2 Å². The molecular formula is C15H16ClN3O3S. The van der Waals surface area contributed by atoms with Crippen LogP contribution in [0.3, 0.4) is 0 Å². The van der Waals surface area contributed by atoms with Crippen molar-refractivity contribution in [2.45, 2.75) is 11.4 Å². The molecule has 0 bridgehead atoms. The standard InChI is InChI=1S/C15H16ClN3O3S/c16-13-3-5-14(6-4-13)23(21,22)9-8-18-15(20)19-11-12-2-1-7-17-10-12/h1-7,10H,8-9,11H2,(H2,18,19,20). The number of aromatic nitrogens is 1. The van der Waals surface area contributed by atoms with Crippen molar-refractivity contribution < 1.29 is 13.2 Å². The number of hydrogen-bond acceptors (Lipinski definition) is 4. The van der Waals surface area contributed by atoms with E-state index in [4.69, 9.17) is 11.6 Å². The molecule has 0 unspecified atom stereocenters. The van der Waals surface area contributed by atoms with Crippen LogP contribution in [0.1, 0.15) is 5.56 Å². The number of sulfone groups is 1. The van der Waals surface area contributed by atoms with Gasteiger partial charge in [0.05, 0.1) is 10.6 Å². The fourth-order valence-corrected chi connectivity index (χ4v) is 3.09. The topological polar surface area (TPSA) is 88.2 Å². The van der Waals surface area contributed by atoms with Crippen LogP contribution in [0, 0.1) is 0 Å². The smallest absolute Gasteiger partial charge is 0.315 e. The predicted molar refractivity (Wildman–Crippen MR) is 88.0 cm³/mol. The van der Waals surface area contributed by atoms with Crippen LogP contribution in [-0.4, -0.2) is 31.7 Å². The Balaban J connectivity index is 1.77. The number of rotatable bonds is 6. The quantitative estimate of drug-likeness (QED) is 0.831. The highest BCUT2D eigenvalue weighted by atomic mass is 35.5. The summed E-state index contributed by atoms with van der Waals surface area (Å²) in [6, 6.07) is 9.09. The number of nitrogens with one attached hydrogen (secondary N) is 2. The van der Waals surface area contributed by atoms with Gasteiger partial charge in [-0.3, -0.25) is 4.98 Å². The molecule has 2 N–H and O–H groups in total. The molecule has 6 nitrogen and oxygen atoms in total. The van der Waals surface area contributed by atoms with Gasteiger partial charge in [0, 0.05) is 30.5 Å². The van der Waals surface area contributed by atoms with E-state index in [0.717, 1.165) is 5.56 Å². The van der Waals surface area contributed by atoms with Crippen molar-refractivity contribution in [2.24, 2.45) is 0 Å². The molecule has 0 aliphatic rings. The van der Waals surface area contributed by atoms with Gasteiger partial charge in [-0.15, -0.1) is 0 Å². The van der Waals surface area contributed by atoms with Crippen LogP contribution in [0.15, 0.2) is 53.7 Å². The number of urea groups is 1. The summed E-state index contributed by atoms with van der Waals surface area (Å²) in [5.41, 5.74) is 0.858. The molecule has 0 radical (unpaired) electrons. The Morgan fingerprint density at radius 2 is 1.87 bits per heavy atom. The minimum atomic E-state index is -3.45. The summed E-state index contributed by atoms with van der Waals surface area (Å²) in [5.74, 6) is -0.186. The first-order valence-corrected chi connectivity index (χ1v) is 8.89. The number of benzene rings is 1. The highest BCUT2D eigenvalue weighted by Crippen LogP contribution is 2.15. The maximum absolute atomic E-state index is 12.1. The third-order valence-electron chi connectivity index (χ3n) is 3.00. The minimum Gasteiger partial charge on any atom is -0.337 e. The fraction of sp³-hybridized carbons (Fsp3) is 0.200. The van der Waals surface area contributed by atoms with Crippen LogP contribution in [0.4, 0.5) is 4.79 Å². The monoisotopic (exact) mass is 353 g/mol. The van der Waals surface area contributed by atoms with Crippen molar-refractivity contribution >= 4 is 27.5 Å². The van der Waals surface area contributed by atoms with E-state index in [2.05, 4.69) is 15.6 Å². The van der Waals surface area contributed by atoms with Crippen molar-refractivity contribution in [3.05, 3.63) is 59.4 Å². The van der Waals surface area contributed by atoms with E-state index >= 15 is 0 Å². The minimum absolute atomic E-state index is 0.0177. The second kappa shape index (κ2) is 7.94. The molecule has 1 heterocycles. The molecule has 1 aromatic heterocycles. The normalized spacial score (nSPS) is 11.0. The van der Waals surface area contributed by atoms with Gasteiger partial charge >= 0.3 is 6.03 Å². The molecule has 8 heteroatoms. The van der Waals surface area contributed by atoms with Crippen molar-refractivity contribution in [3.63, 3.8) is 0 Å². The Morgan fingerprint density at radius 1 is 1.13 bits per heavy atom. The Morgan fingerprint density at radius 3 is 2.52 bits per heavy atom. The summed E-state index contributed by atoms with van der Waals surface area (Å²) in [4.78, 5) is 15.7. The molecule has 0 saturated heterocycles. The summed E-state index contributed by atoms with van der Waals surface area (Å²) in [7, 11) is -3.45. The summed E-state index contributed by atoms with van der Waals surface area (Å²) < 4.78 is 24.2. The van der Waals surface area contributed by atoms with Gasteiger partial charge in [0.1, 0.15) is 0 Å². The number of halogens is 1. The Kier molecular flexibility index (Phi) is 5.95. The number of carbonyl (C=O) groups is 1. The molecule has 2 rings (SSSR count). The Hall–Kier alpha value is -2.12. The van der Waals surface area contributed by atoms with Gasteiger partial charge < -0.3 is 10.6 Å². The van der Waals surface area contributed by atoms with Gasteiger partial charge in [0.15, 0.2) is 9.84 Å². The number of pyridine rings is 1. The van der Waals surface area contributed by atoms with Crippen LogP contribution < -0.4 is 10.6 Å². The first-order valence-electron chi connectivity index (χ1n) is 6.86. The Bertz CT molecular complexity index is 749. The highest BCUT2D eigenvalue weighted by Gasteiger charge is 2.14. The fourth-order valence-electron chi connectivity index (χ4n) is 1.81. The zero-order valence-corrected chi connectivity index (χ0v) is 13.8. The van der Waals surface area contributed by atoms with E-state index in [1.807, 2.05) is 6.07 Å². The molecule has 23 heavy (non-hydrogen) atoms. The molecule has 0 fully saturated rings. The van der Waals surface area contributed by atoms with Crippen molar-refractivity contribution in [1.29, 1.82) is 0 Å². The third kappa shape index (κ3) is 5.54. The third-order valence-corrected chi connectivity index (χ3v) is 4.99. The maximum Gasteiger partial charge on any atom is 0.315 e. The molecule has 0 saturated carbocycles. The lowest BCUT2D eigenvalue weighted by Crippen LogP contribution is -2.37. The van der Waals surface area contributed by atoms with E-state index in [9.17, 15) is 13.2 Å². The summed E-state index contributed by atoms with van der Waals surface area (Å²) >= 11 is 5.73. The van der Waals surface area contributed by atoms with Crippen LogP contribution in [0.2, 0.25) is 5.02 Å². The van der Waals surface area contributed by atoms with E-state index < -0.39 is 15.9 Å². The van der Waals surface area contributed by atoms with Crippen LogP contribution in [0.25, 0.3) is 0 Å². The highest BCUT2D eigenvalue weighted by molar-refractivity contribution is 7.91. The Labute approximate surface area is 139 Å². The lowest BCUT2D eigenvalue weighted by Gasteiger charge is -2.08. The van der Waals surface area contributed by atoms with E-state index in [0.29, 0.717) is 11.6 Å². The summed E-state index contributed by atoms with van der Waals surface area (Å²) in [6.45, 7) is 0.341. The second-order valence-corrected chi connectivity index (χ2v) is 7.29. The number of carbonyl (C=O) groups excluding carboxylic acids is 1. The molecule has 0 aliphatic heterocycles. The first kappa shape index (κ1) is 17.2. The number of nitrogens with zero attached hydrogens (tertiary/aromatic N) is 1. The number of hydrogen-bond donors (Lipinski definition) is 2. The average molecular weight is 354 g/mol. The van der Waals surface area contributed by atoms with Crippen molar-refractivity contribution in [2.75, 3.05) is 12.3 Å². The van der Waals surface area contributed by atoms with Gasteiger partial charge in [-0.05, 0) is 35.9 Å². The average Bonchev–Trinajstić information content (AvgIpc) is 2.54. The molecule has 0 atom stereocenters. The molecule has 2 amide bonds. The van der Waals surface area contributed by atoms with Gasteiger partial charge in [-0.2, -0.15) is 0 Å². The summed E-state index contributed by atoms with van der Waals surface area (Å²) in [6.07, 6.45) is 3.29. The van der Waals surface area contributed by atoms with Crippen molar-refractivity contribution in [1.82, 2.24) is 15.6 Å². The molecular weight excluding hydrogens is 338 g/mol. The van der Waals surface area contributed by atoms with Gasteiger partial charge in [0.2, 0.25) is 0 Å². The van der Waals surface area contributed by atoms with Crippen LogP contribution >= 0.6 is 11.6 Å². The first-order chi connectivity index (χ1) is 11.0. The van der Waals surface area contributed by atoms with Crippen LogP contribution in [-0.2, 0) is 16.4 Å². The van der Waals surface area contributed by atoms with E-state index in [1.165, 1.54) is 24.3 Å². The largest absolute Gasteiger partial charge is 0.337 e. The second-order valence-electron chi connectivity index (χ2n) is 4.74. The maximum atomic E-state index is 12.1. The summed E-state index contributed by atoms with van der Waals surface area (Å²) in [5, 5.41) is 5.61.